The van der Waals surface area contributed by atoms with E-state index in [9.17, 15) is 4.79 Å². The van der Waals surface area contributed by atoms with E-state index in [0.717, 1.165) is 37.4 Å². The van der Waals surface area contributed by atoms with Crippen LogP contribution in [0.4, 0.5) is 0 Å². The lowest BCUT2D eigenvalue weighted by Crippen LogP contribution is -2.36. The van der Waals surface area contributed by atoms with Gasteiger partial charge in [-0.1, -0.05) is 30.3 Å². The molecule has 1 aliphatic rings. The third kappa shape index (κ3) is 3.79. The maximum absolute atomic E-state index is 13.0. The number of rotatable bonds is 5. The van der Waals surface area contributed by atoms with Crippen molar-refractivity contribution in [2.75, 3.05) is 19.8 Å². The van der Waals surface area contributed by atoms with Gasteiger partial charge in [0.25, 0.3) is 5.91 Å². The number of carbonyl (C=O) groups is 1. The Hall–Kier alpha value is -2.14. The van der Waals surface area contributed by atoms with E-state index in [1.54, 1.807) is 4.68 Å². The Balaban J connectivity index is 1.81. The molecule has 23 heavy (non-hydrogen) atoms. The van der Waals surface area contributed by atoms with Crippen LogP contribution >= 0.6 is 0 Å². The summed E-state index contributed by atoms with van der Waals surface area (Å²) in [4.78, 5) is 14.9. The Bertz CT molecular complexity index is 660. The smallest absolute Gasteiger partial charge is 0.272 e. The van der Waals surface area contributed by atoms with Crippen molar-refractivity contribution in [2.45, 2.75) is 19.9 Å². The monoisotopic (exact) mass is 313 g/mol. The lowest BCUT2D eigenvalue weighted by Gasteiger charge is -2.25. The average molecular weight is 313 g/mol. The SMILES string of the molecule is Cc1cc(C(=O)N(Cc2ccccc2)CC2CCOC2)n(C)n1. The molecule has 1 fully saturated rings. The summed E-state index contributed by atoms with van der Waals surface area (Å²) in [5.74, 6) is 0.445. The van der Waals surface area contributed by atoms with Gasteiger partial charge in [0, 0.05) is 32.7 Å². The normalized spacial score (nSPS) is 17.4. The second-order valence-electron chi connectivity index (χ2n) is 6.20. The standard InChI is InChI=1S/C18H23N3O2/c1-14-10-17(20(2)19-14)18(22)21(12-16-8-9-23-13-16)11-15-6-4-3-5-7-15/h3-7,10,16H,8-9,11-13H2,1-2H3. The van der Waals surface area contributed by atoms with Gasteiger partial charge >= 0.3 is 0 Å². The van der Waals surface area contributed by atoms with E-state index in [-0.39, 0.29) is 5.91 Å². The fourth-order valence-electron chi connectivity index (χ4n) is 3.03. The predicted octanol–water partition coefficient (Wildman–Crippen LogP) is 2.41. The molecule has 5 heteroatoms. The van der Waals surface area contributed by atoms with E-state index in [4.69, 9.17) is 4.74 Å². The fraction of sp³-hybridized carbons (Fsp3) is 0.444. The number of nitrogens with zero attached hydrogens (tertiary/aromatic N) is 3. The molecule has 1 aliphatic heterocycles. The minimum atomic E-state index is 0.0313. The lowest BCUT2D eigenvalue weighted by atomic mass is 10.1. The zero-order chi connectivity index (χ0) is 16.2. The molecule has 122 valence electrons. The minimum absolute atomic E-state index is 0.0313. The third-order valence-electron chi connectivity index (χ3n) is 4.23. The van der Waals surface area contributed by atoms with Gasteiger partial charge in [0.2, 0.25) is 0 Å². The first-order chi connectivity index (χ1) is 11.1. The summed E-state index contributed by atoms with van der Waals surface area (Å²) in [7, 11) is 1.82. The predicted molar refractivity (Wildman–Crippen MR) is 88.1 cm³/mol. The van der Waals surface area contributed by atoms with E-state index < -0.39 is 0 Å². The van der Waals surface area contributed by atoms with Crippen LogP contribution in [0.3, 0.4) is 0 Å². The molecule has 1 atom stereocenters. The summed E-state index contributed by atoms with van der Waals surface area (Å²) in [6, 6.07) is 12.0. The summed E-state index contributed by atoms with van der Waals surface area (Å²) in [6.45, 7) is 4.77. The van der Waals surface area contributed by atoms with Gasteiger partial charge in [-0.15, -0.1) is 0 Å². The van der Waals surface area contributed by atoms with E-state index >= 15 is 0 Å². The van der Waals surface area contributed by atoms with Crippen LogP contribution < -0.4 is 0 Å². The van der Waals surface area contributed by atoms with Gasteiger partial charge in [-0.2, -0.15) is 5.10 Å². The maximum atomic E-state index is 13.0. The van der Waals surface area contributed by atoms with Gasteiger partial charge < -0.3 is 9.64 Å². The van der Waals surface area contributed by atoms with Crippen LogP contribution in [-0.2, 0) is 18.3 Å². The van der Waals surface area contributed by atoms with Crippen LogP contribution in [0, 0.1) is 12.8 Å². The summed E-state index contributed by atoms with van der Waals surface area (Å²) in [5.41, 5.74) is 2.63. The van der Waals surface area contributed by atoms with Gasteiger partial charge in [0.1, 0.15) is 5.69 Å². The van der Waals surface area contributed by atoms with Gasteiger partial charge in [-0.3, -0.25) is 9.48 Å². The number of benzene rings is 1. The van der Waals surface area contributed by atoms with Crippen LogP contribution in [0.2, 0.25) is 0 Å². The van der Waals surface area contributed by atoms with Crippen molar-refractivity contribution in [3.8, 4) is 0 Å². The maximum Gasteiger partial charge on any atom is 0.272 e. The molecule has 0 aliphatic carbocycles. The van der Waals surface area contributed by atoms with Crippen LogP contribution in [0.15, 0.2) is 36.4 Å². The highest BCUT2D eigenvalue weighted by atomic mass is 16.5. The topological polar surface area (TPSA) is 47.4 Å². The van der Waals surface area contributed by atoms with Crippen molar-refractivity contribution in [3.05, 3.63) is 53.3 Å². The number of hydrogen-bond donors (Lipinski definition) is 0. The summed E-state index contributed by atoms with van der Waals surface area (Å²) >= 11 is 0. The fourth-order valence-corrected chi connectivity index (χ4v) is 3.03. The number of aromatic nitrogens is 2. The van der Waals surface area contributed by atoms with Gasteiger partial charge in [-0.25, -0.2) is 0 Å². The highest BCUT2D eigenvalue weighted by Crippen LogP contribution is 2.18. The molecule has 0 bridgehead atoms. The molecular formula is C18H23N3O2. The average Bonchev–Trinajstić information content (AvgIpc) is 3.16. The molecule has 0 radical (unpaired) electrons. The Labute approximate surface area is 136 Å². The highest BCUT2D eigenvalue weighted by molar-refractivity contribution is 5.92. The number of hydrogen-bond acceptors (Lipinski definition) is 3. The number of carbonyl (C=O) groups excluding carboxylic acids is 1. The van der Waals surface area contributed by atoms with Crippen molar-refractivity contribution in [3.63, 3.8) is 0 Å². The van der Waals surface area contributed by atoms with Gasteiger partial charge in [-0.05, 0) is 25.0 Å². The quantitative estimate of drug-likeness (QED) is 0.851. The largest absolute Gasteiger partial charge is 0.381 e. The zero-order valence-corrected chi connectivity index (χ0v) is 13.7. The highest BCUT2D eigenvalue weighted by Gasteiger charge is 2.25. The first-order valence-electron chi connectivity index (χ1n) is 8.05. The molecule has 1 unspecified atom stereocenters. The second kappa shape index (κ2) is 6.96. The molecule has 1 amide bonds. The summed E-state index contributed by atoms with van der Waals surface area (Å²) < 4.78 is 7.13. The molecule has 0 spiro atoms. The zero-order valence-electron chi connectivity index (χ0n) is 13.7. The molecule has 5 nitrogen and oxygen atoms in total. The Kier molecular flexibility index (Phi) is 4.76. The second-order valence-corrected chi connectivity index (χ2v) is 6.20. The van der Waals surface area contributed by atoms with Crippen LogP contribution in [-0.4, -0.2) is 40.3 Å². The third-order valence-corrected chi connectivity index (χ3v) is 4.23. The molecule has 2 aromatic rings. The Morgan fingerprint density at radius 1 is 1.39 bits per heavy atom. The van der Waals surface area contributed by atoms with Crippen LogP contribution in [0.5, 0.6) is 0 Å². The number of aryl methyl sites for hydroxylation is 2. The van der Waals surface area contributed by atoms with Crippen molar-refractivity contribution in [1.82, 2.24) is 14.7 Å². The summed E-state index contributed by atoms with van der Waals surface area (Å²) in [5, 5.41) is 4.30. The molecule has 0 saturated carbocycles. The first kappa shape index (κ1) is 15.7. The van der Waals surface area contributed by atoms with Crippen molar-refractivity contribution < 1.29 is 9.53 Å². The molecule has 2 heterocycles. The van der Waals surface area contributed by atoms with Crippen molar-refractivity contribution in [1.29, 1.82) is 0 Å². The van der Waals surface area contributed by atoms with Crippen LogP contribution in [0.1, 0.15) is 28.2 Å². The lowest BCUT2D eigenvalue weighted by molar-refractivity contribution is 0.0695. The number of amides is 1. The van der Waals surface area contributed by atoms with Crippen molar-refractivity contribution >= 4 is 5.91 Å². The van der Waals surface area contributed by atoms with Crippen molar-refractivity contribution in [2.24, 2.45) is 13.0 Å². The van der Waals surface area contributed by atoms with E-state index in [1.165, 1.54) is 0 Å². The molecule has 1 saturated heterocycles. The summed E-state index contributed by atoms with van der Waals surface area (Å²) in [6.07, 6.45) is 1.02. The Morgan fingerprint density at radius 2 is 2.17 bits per heavy atom. The van der Waals surface area contributed by atoms with Gasteiger partial charge in [0.05, 0.1) is 12.3 Å². The van der Waals surface area contributed by atoms with Gasteiger partial charge in [0.15, 0.2) is 0 Å². The molecular weight excluding hydrogens is 290 g/mol. The number of ether oxygens (including phenoxy) is 1. The first-order valence-corrected chi connectivity index (χ1v) is 8.05. The molecule has 3 rings (SSSR count). The Morgan fingerprint density at radius 3 is 2.78 bits per heavy atom. The van der Waals surface area contributed by atoms with Crippen LogP contribution in [0.25, 0.3) is 0 Å². The molecule has 0 N–H and O–H groups in total. The molecule has 1 aromatic carbocycles. The van der Waals surface area contributed by atoms with E-state index in [1.807, 2.05) is 43.1 Å². The molecule has 1 aromatic heterocycles. The van der Waals surface area contributed by atoms with E-state index in [0.29, 0.717) is 18.2 Å². The minimum Gasteiger partial charge on any atom is -0.381 e. The van der Waals surface area contributed by atoms with E-state index in [2.05, 4.69) is 17.2 Å².